The SMILES string of the molecule is CC(C)(C)C(=O)Nc1ccc(C(=O)CSc2ccc(F)cc2F)cc1. The van der Waals surface area contributed by atoms with Gasteiger partial charge in [-0.2, -0.15) is 0 Å². The highest BCUT2D eigenvalue weighted by Crippen LogP contribution is 2.24. The number of rotatable bonds is 5. The highest BCUT2D eigenvalue weighted by molar-refractivity contribution is 8.00. The molecule has 1 amide bonds. The Morgan fingerprint density at radius 2 is 1.68 bits per heavy atom. The first kappa shape index (κ1) is 19.1. The van der Waals surface area contributed by atoms with Crippen molar-refractivity contribution in [1.82, 2.24) is 0 Å². The third-order valence-corrected chi connectivity index (χ3v) is 4.45. The van der Waals surface area contributed by atoms with Crippen molar-refractivity contribution in [2.75, 3.05) is 11.1 Å². The molecule has 1 N–H and O–H groups in total. The molecule has 25 heavy (non-hydrogen) atoms. The van der Waals surface area contributed by atoms with Crippen molar-refractivity contribution in [2.24, 2.45) is 5.41 Å². The Kier molecular flexibility index (Phi) is 5.95. The van der Waals surface area contributed by atoms with Crippen LogP contribution in [0.4, 0.5) is 14.5 Å². The second-order valence-corrected chi connectivity index (χ2v) is 7.59. The van der Waals surface area contributed by atoms with E-state index in [4.69, 9.17) is 0 Å². The number of hydrogen-bond donors (Lipinski definition) is 1. The maximum Gasteiger partial charge on any atom is 0.229 e. The lowest BCUT2D eigenvalue weighted by Crippen LogP contribution is -2.27. The molecular weight excluding hydrogens is 344 g/mol. The van der Waals surface area contributed by atoms with Gasteiger partial charge in [-0.15, -0.1) is 11.8 Å². The van der Waals surface area contributed by atoms with E-state index in [2.05, 4.69) is 5.32 Å². The predicted octanol–water partition coefficient (Wildman–Crippen LogP) is 4.92. The van der Waals surface area contributed by atoms with Crippen LogP contribution in [0.5, 0.6) is 0 Å². The number of thioether (sulfide) groups is 1. The molecule has 0 aliphatic heterocycles. The molecular formula is C19H19F2NO2S. The number of halogens is 2. The molecule has 0 atom stereocenters. The summed E-state index contributed by atoms with van der Waals surface area (Å²) in [6, 6.07) is 9.79. The molecule has 0 heterocycles. The number of ketones is 1. The molecule has 2 aromatic rings. The fourth-order valence-corrected chi connectivity index (χ4v) is 2.69. The lowest BCUT2D eigenvalue weighted by Gasteiger charge is -2.17. The second-order valence-electron chi connectivity index (χ2n) is 6.57. The molecule has 132 valence electrons. The average molecular weight is 363 g/mol. The van der Waals surface area contributed by atoms with Gasteiger partial charge < -0.3 is 5.32 Å². The quantitative estimate of drug-likeness (QED) is 0.605. The second kappa shape index (κ2) is 7.78. The first-order valence-electron chi connectivity index (χ1n) is 7.69. The fourth-order valence-electron chi connectivity index (χ4n) is 1.88. The molecule has 0 radical (unpaired) electrons. The van der Waals surface area contributed by atoms with Crippen molar-refractivity contribution in [3.63, 3.8) is 0 Å². The van der Waals surface area contributed by atoms with Gasteiger partial charge in [0.2, 0.25) is 5.91 Å². The Morgan fingerprint density at radius 1 is 1.04 bits per heavy atom. The smallest absolute Gasteiger partial charge is 0.229 e. The molecule has 0 fully saturated rings. The van der Waals surface area contributed by atoms with Crippen LogP contribution in [-0.4, -0.2) is 17.4 Å². The van der Waals surface area contributed by atoms with Crippen molar-refractivity contribution in [2.45, 2.75) is 25.7 Å². The maximum absolute atomic E-state index is 13.6. The van der Waals surface area contributed by atoms with E-state index in [1.165, 1.54) is 6.07 Å². The molecule has 2 rings (SSSR count). The summed E-state index contributed by atoms with van der Waals surface area (Å²) in [6.07, 6.45) is 0. The largest absolute Gasteiger partial charge is 0.326 e. The van der Waals surface area contributed by atoms with Gasteiger partial charge in [0.05, 0.1) is 5.75 Å². The van der Waals surface area contributed by atoms with Crippen LogP contribution >= 0.6 is 11.8 Å². The third kappa shape index (κ3) is 5.39. The number of hydrogen-bond acceptors (Lipinski definition) is 3. The van der Waals surface area contributed by atoms with Gasteiger partial charge in [-0.3, -0.25) is 9.59 Å². The minimum Gasteiger partial charge on any atom is -0.326 e. The third-order valence-electron chi connectivity index (χ3n) is 3.40. The van der Waals surface area contributed by atoms with Gasteiger partial charge >= 0.3 is 0 Å². The van der Waals surface area contributed by atoms with Crippen LogP contribution in [0.3, 0.4) is 0 Å². The van der Waals surface area contributed by atoms with Crippen LogP contribution in [-0.2, 0) is 4.79 Å². The summed E-state index contributed by atoms with van der Waals surface area (Å²) in [7, 11) is 0. The van der Waals surface area contributed by atoms with Crippen LogP contribution in [0.15, 0.2) is 47.4 Å². The molecule has 0 spiro atoms. The molecule has 0 saturated heterocycles. The fraction of sp³-hybridized carbons (Fsp3) is 0.263. The normalized spacial score (nSPS) is 11.2. The van der Waals surface area contributed by atoms with E-state index in [9.17, 15) is 18.4 Å². The zero-order valence-corrected chi connectivity index (χ0v) is 15.0. The van der Waals surface area contributed by atoms with Crippen LogP contribution in [0.2, 0.25) is 0 Å². The molecule has 0 bridgehead atoms. The van der Waals surface area contributed by atoms with Crippen LogP contribution in [0, 0.1) is 17.0 Å². The molecule has 0 saturated carbocycles. The summed E-state index contributed by atoms with van der Waals surface area (Å²) < 4.78 is 26.4. The number of nitrogens with one attached hydrogen (secondary N) is 1. The lowest BCUT2D eigenvalue weighted by molar-refractivity contribution is -0.123. The van der Waals surface area contributed by atoms with Crippen LogP contribution in [0.1, 0.15) is 31.1 Å². The van der Waals surface area contributed by atoms with Gasteiger partial charge in [-0.1, -0.05) is 20.8 Å². The van der Waals surface area contributed by atoms with Crippen molar-refractivity contribution in [3.05, 3.63) is 59.7 Å². The summed E-state index contributed by atoms with van der Waals surface area (Å²) in [5, 5.41) is 2.78. The van der Waals surface area contributed by atoms with E-state index in [0.29, 0.717) is 11.3 Å². The topological polar surface area (TPSA) is 46.2 Å². The van der Waals surface area contributed by atoms with Gasteiger partial charge in [0.1, 0.15) is 11.6 Å². The van der Waals surface area contributed by atoms with Crippen molar-refractivity contribution in [3.8, 4) is 0 Å². The molecule has 3 nitrogen and oxygen atoms in total. The Morgan fingerprint density at radius 3 is 2.24 bits per heavy atom. The van der Waals surface area contributed by atoms with Gasteiger partial charge in [0.15, 0.2) is 5.78 Å². The van der Waals surface area contributed by atoms with E-state index >= 15 is 0 Å². The Labute approximate surface area is 149 Å². The lowest BCUT2D eigenvalue weighted by atomic mass is 9.95. The first-order valence-corrected chi connectivity index (χ1v) is 8.68. The average Bonchev–Trinajstić information content (AvgIpc) is 2.53. The minimum atomic E-state index is -0.682. The molecule has 2 aromatic carbocycles. The summed E-state index contributed by atoms with van der Waals surface area (Å²) >= 11 is 1.02. The number of benzene rings is 2. The highest BCUT2D eigenvalue weighted by atomic mass is 32.2. The number of carbonyl (C=O) groups is 2. The van der Waals surface area contributed by atoms with Gasteiger partial charge in [-0.05, 0) is 36.4 Å². The van der Waals surface area contributed by atoms with E-state index < -0.39 is 17.0 Å². The van der Waals surface area contributed by atoms with E-state index in [1.54, 1.807) is 24.3 Å². The molecule has 0 aliphatic carbocycles. The zero-order valence-electron chi connectivity index (χ0n) is 14.2. The molecule has 0 unspecified atom stereocenters. The van der Waals surface area contributed by atoms with Crippen molar-refractivity contribution < 1.29 is 18.4 Å². The first-order chi connectivity index (χ1) is 11.7. The summed E-state index contributed by atoms with van der Waals surface area (Å²) in [6.45, 7) is 5.43. The Bertz CT molecular complexity index is 783. The number of amides is 1. The van der Waals surface area contributed by atoms with Crippen molar-refractivity contribution >= 4 is 29.1 Å². The summed E-state index contributed by atoms with van der Waals surface area (Å²) in [5.41, 5.74) is 0.558. The standard InChI is InChI=1S/C19H19F2NO2S/c1-19(2,3)18(24)22-14-7-4-12(5-8-14)16(23)11-25-17-9-6-13(20)10-15(17)21/h4-10H,11H2,1-3H3,(H,22,24). The summed E-state index contributed by atoms with van der Waals surface area (Å²) in [4.78, 5) is 24.3. The highest BCUT2D eigenvalue weighted by Gasteiger charge is 2.21. The number of carbonyl (C=O) groups excluding carboxylic acids is 2. The predicted molar refractivity (Wildman–Crippen MR) is 95.9 cm³/mol. The maximum atomic E-state index is 13.6. The number of Topliss-reactive ketones (excluding diaryl/α,β-unsaturated/α-hetero) is 1. The van der Waals surface area contributed by atoms with Crippen LogP contribution in [0.25, 0.3) is 0 Å². The Hall–Kier alpha value is -2.21. The van der Waals surface area contributed by atoms with E-state index in [0.717, 1.165) is 23.9 Å². The Balaban J connectivity index is 1.97. The van der Waals surface area contributed by atoms with E-state index in [-0.39, 0.29) is 22.3 Å². The van der Waals surface area contributed by atoms with Gasteiger partial charge in [-0.25, -0.2) is 8.78 Å². The van der Waals surface area contributed by atoms with Gasteiger partial charge in [0.25, 0.3) is 0 Å². The monoisotopic (exact) mass is 363 g/mol. The van der Waals surface area contributed by atoms with E-state index in [1.807, 2.05) is 20.8 Å². The zero-order chi connectivity index (χ0) is 18.6. The molecule has 0 aromatic heterocycles. The molecule has 0 aliphatic rings. The molecule has 6 heteroatoms. The van der Waals surface area contributed by atoms with Crippen molar-refractivity contribution in [1.29, 1.82) is 0 Å². The van der Waals surface area contributed by atoms with Gasteiger partial charge in [0, 0.05) is 27.6 Å². The number of anilines is 1. The van der Waals surface area contributed by atoms with Crippen LogP contribution < -0.4 is 5.32 Å². The minimum absolute atomic E-state index is 0.0379. The summed E-state index contributed by atoms with van der Waals surface area (Å²) in [5.74, 6) is -1.59.